The van der Waals surface area contributed by atoms with Gasteiger partial charge in [-0.15, -0.1) is 5.10 Å². The van der Waals surface area contributed by atoms with Gasteiger partial charge in [-0.05, 0) is 31.2 Å². The minimum atomic E-state index is 0. The smallest absolute Gasteiger partial charge is 0.194 e. The van der Waals surface area contributed by atoms with Gasteiger partial charge in [0.2, 0.25) is 0 Å². The molecule has 0 saturated carbocycles. The van der Waals surface area contributed by atoms with Crippen LogP contribution in [0.5, 0.6) is 0 Å². The highest BCUT2D eigenvalue weighted by molar-refractivity contribution is 8.13. The van der Waals surface area contributed by atoms with Crippen molar-refractivity contribution in [3.8, 4) is 0 Å². The summed E-state index contributed by atoms with van der Waals surface area (Å²) in [4.78, 5) is 11.9. The summed E-state index contributed by atoms with van der Waals surface area (Å²) >= 11 is 1.38. The van der Waals surface area contributed by atoms with Gasteiger partial charge >= 0.3 is 0 Å². The Kier molecular flexibility index (Phi) is 10.0. The maximum atomic E-state index is 11.9. The fourth-order valence-electron chi connectivity index (χ4n) is 2.08. The second kappa shape index (κ2) is 10.3. The van der Waals surface area contributed by atoms with E-state index in [1.165, 1.54) is 11.8 Å². The van der Waals surface area contributed by atoms with Crippen LogP contribution in [-0.4, -0.2) is 61.7 Å². The number of aromatic nitrogens is 4. The van der Waals surface area contributed by atoms with Crippen molar-refractivity contribution in [1.82, 2.24) is 20.2 Å². The van der Waals surface area contributed by atoms with Crippen molar-refractivity contribution in [2.24, 2.45) is 0 Å². The molecule has 1 heterocycles. The summed E-state index contributed by atoms with van der Waals surface area (Å²) in [6.07, 6.45) is 2.22. The maximum Gasteiger partial charge on any atom is 0.194 e. The molecule has 0 aromatic carbocycles. The molecule has 0 aliphatic carbocycles. The molecule has 0 atom stereocenters. The number of hydrogen-bond donors (Lipinski definition) is 0. The molecular formula is C12H24BrN5OS. The SMILES string of the molecule is CC[N+](CC)(CC)CCC(=O)SCCn1cnnn1.[Br-]. The van der Waals surface area contributed by atoms with E-state index < -0.39 is 0 Å². The maximum absolute atomic E-state index is 11.9. The average Bonchev–Trinajstić information content (AvgIpc) is 2.94. The van der Waals surface area contributed by atoms with E-state index in [0.29, 0.717) is 13.0 Å². The number of tetrazole rings is 1. The summed E-state index contributed by atoms with van der Waals surface area (Å²) < 4.78 is 2.67. The van der Waals surface area contributed by atoms with Gasteiger partial charge in [-0.25, -0.2) is 4.68 Å². The number of halogens is 1. The lowest BCUT2D eigenvalue weighted by molar-refractivity contribution is -0.922. The normalized spacial score (nSPS) is 11.2. The molecule has 116 valence electrons. The second-order valence-electron chi connectivity index (χ2n) is 4.56. The number of nitrogens with zero attached hydrogens (tertiary/aromatic N) is 5. The van der Waals surface area contributed by atoms with Crippen LogP contribution in [0.25, 0.3) is 0 Å². The van der Waals surface area contributed by atoms with E-state index in [1.54, 1.807) is 11.0 Å². The van der Waals surface area contributed by atoms with Crippen molar-refractivity contribution in [3.63, 3.8) is 0 Å². The fourth-order valence-corrected chi connectivity index (χ4v) is 2.82. The van der Waals surface area contributed by atoms with Gasteiger partial charge < -0.3 is 21.5 Å². The first-order valence-corrected chi connectivity index (χ1v) is 7.85. The lowest BCUT2D eigenvalue weighted by Crippen LogP contribution is -3.00. The Hall–Kier alpha value is -0.470. The molecule has 0 N–H and O–H groups in total. The standard InChI is InChI=1S/C12H24N5OS.BrH/c1-4-17(5-2,6-3)9-7-12(18)19-10-8-16-11-13-14-15-16;/h11H,4-10H2,1-3H3;1H/q+1;/p-1. The molecule has 6 nitrogen and oxygen atoms in total. The van der Waals surface area contributed by atoms with Crippen molar-refractivity contribution in [1.29, 1.82) is 0 Å². The van der Waals surface area contributed by atoms with Crippen LogP contribution in [-0.2, 0) is 11.3 Å². The molecule has 1 aromatic rings. The number of rotatable bonds is 9. The van der Waals surface area contributed by atoms with E-state index in [4.69, 9.17) is 0 Å². The largest absolute Gasteiger partial charge is 1.00 e. The van der Waals surface area contributed by atoms with Crippen LogP contribution in [0, 0.1) is 0 Å². The average molecular weight is 366 g/mol. The summed E-state index contributed by atoms with van der Waals surface area (Å²) in [5.74, 6) is 0.730. The van der Waals surface area contributed by atoms with E-state index in [-0.39, 0.29) is 22.1 Å². The van der Waals surface area contributed by atoms with Gasteiger partial charge in [-0.2, -0.15) is 0 Å². The van der Waals surface area contributed by atoms with Gasteiger partial charge in [-0.1, -0.05) is 11.8 Å². The molecule has 0 amide bonds. The van der Waals surface area contributed by atoms with E-state index in [0.717, 1.165) is 36.4 Å². The Bertz CT molecular complexity index is 362. The highest BCUT2D eigenvalue weighted by Crippen LogP contribution is 2.12. The van der Waals surface area contributed by atoms with Crippen molar-refractivity contribution in [3.05, 3.63) is 6.33 Å². The zero-order valence-electron chi connectivity index (χ0n) is 12.5. The van der Waals surface area contributed by atoms with Crippen LogP contribution in [0.4, 0.5) is 0 Å². The highest BCUT2D eigenvalue weighted by atomic mass is 79.9. The topological polar surface area (TPSA) is 60.7 Å². The third-order valence-electron chi connectivity index (χ3n) is 3.78. The quantitative estimate of drug-likeness (QED) is 0.483. The van der Waals surface area contributed by atoms with Crippen LogP contribution in [0.3, 0.4) is 0 Å². The fraction of sp³-hybridized carbons (Fsp3) is 0.833. The molecule has 0 radical (unpaired) electrons. The Balaban J connectivity index is 0.00000361. The highest BCUT2D eigenvalue weighted by Gasteiger charge is 2.21. The molecular weight excluding hydrogens is 342 g/mol. The van der Waals surface area contributed by atoms with Crippen LogP contribution >= 0.6 is 11.8 Å². The van der Waals surface area contributed by atoms with Crippen molar-refractivity contribution in [2.75, 3.05) is 31.9 Å². The lowest BCUT2D eigenvalue weighted by Gasteiger charge is -2.35. The van der Waals surface area contributed by atoms with Gasteiger partial charge in [0, 0.05) is 5.75 Å². The zero-order valence-corrected chi connectivity index (χ0v) is 14.9. The first kappa shape index (κ1) is 19.5. The predicted octanol–water partition coefficient (Wildman–Crippen LogP) is -1.80. The molecule has 0 bridgehead atoms. The van der Waals surface area contributed by atoms with Crippen molar-refractivity contribution in [2.45, 2.75) is 33.7 Å². The molecule has 0 unspecified atom stereocenters. The van der Waals surface area contributed by atoms with Crippen molar-refractivity contribution < 1.29 is 26.3 Å². The van der Waals surface area contributed by atoms with Crippen LogP contribution in [0.2, 0.25) is 0 Å². The summed E-state index contributed by atoms with van der Waals surface area (Å²) in [6, 6.07) is 0. The van der Waals surface area contributed by atoms with Gasteiger partial charge in [0.05, 0.1) is 39.1 Å². The Morgan fingerprint density at radius 3 is 2.40 bits per heavy atom. The third kappa shape index (κ3) is 6.32. The molecule has 1 rings (SSSR count). The molecule has 0 spiro atoms. The van der Waals surface area contributed by atoms with Crippen LogP contribution < -0.4 is 17.0 Å². The molecule has 0 aliphatic rings. The monoisotopic (exact) mass is 365 g/mol. The van der Waals surface area contributed by atoms with E-state index in [2.05, 4.69) is 36.3 Å². The number of hydrogen-bond acceptors (Lipinski definition) is 5. The first-order chi connectivity index (χ1) is 9.15. The van der Waals surface area contributed by atoms with E-state index in [1.807, 2.05) is 0 Å². The second-order valence-corrected chi connectivity index (χ2v) is 5.71. The number of carbonyl (C=O) groups excluding carboxylic acids is 1. The zero-order chi connectivity index (χ0) is 14.1. The van der Waals surface area contributed by atoms with Gasteiger partial charge in [0.15, 0.2) is 5.12 Å². The van der Waals surface area contributed by atoms with Gasteiger partial charge in [-0.3, -0.25) is 4.79 Å². The lowest BCUT2D eigenvalue weighted by atomic mass is 10.3. The molecule has 0 saturated heterocycles. The predicted molar refractivity (Wildman–Crippen MR) is 76.6 cm³/mol. The number of carbonyl (C=O) groups is 1. The molecule has 8 heteroatoms. The third-order valence-corrected chi connectivity index (χ3v) is 4.69. The van der Waals surface area contributed by atoms with Crippen LogP contribution in [0.15, 0.2) is 6.33 Å². The minimum absolute atomic E-state index is 0. The summed E-state index contributed by atoms with van der Waals surface area (Å²) in [6.45, 7) is 11.5. The summed E-state index contributed by atoms with van der Waals surface area (Å²) in [5.41, 5.74) is 0. The first-order valence-electron chi connectivity index (χ1n) is 6.87. The Morgan fingerprint density at radius 2 is 1.90 bits per heavy atom. The van der Waals surface area contributed by atoms with Gasteiger partial charge in [0.1, 0.15) is 6.33 Å². The number of thioether (sulfide) groups is 1. The Morgan fingerprint density at radius 1 is 1.25 bits per heavy atom. The molecule has 1 aromatic heterocycles. The molecule has 0 aliphatic heterocycles. The number of aryl methyl sites for hydroxylation is 1. The number of quaternary nitrogens is 1. The summed E-state index contributed by atoms with van der Waals surface area (Å²) in [5, 5.41) is 11.2. The Labute approximate surface area is 135 Å². The minimum Gasteiger partial charge on any atom is -1.00 e. The van der Waals surface area contributed by atoms with Crippen LogP contribution in [0.1, 0.15) is 27.2 Å². The van der Waals surface area contributed by atoms with E-state index >= 15 is 0 Å². The molecule has 0 fully saturated rings. The molecule has 20 heavy (non-hydrogen) atoms. The van der Waals surface area contributed by atoms with E-state index in [9.17, 15) is 4.79 Å². The summed E-state index contributed by atoms with van der Waals surface area (Å²) in [7, 11) is 0. The van der Waals surface area contributed by atoms with Gasteiger partial charge in [0.25, 0.3) is 0 Å². The van der Waals surface area contributed by atoms with Crippen molar-refractivity contribution >= 4 is 16.9 Å².